The molecule has 0 atom stereocenters. The molecule has 0 aliphatic rings. The molecule has 0 unspecified atom stereocenters. The standard InChI is InChI=1S/C18H13ClIN3O5/c1-27-16-7-10(6-14(20)17(16)28-2)5-11(9-21)18(24)22-15-4-3-12(23(25)26)8-13(15)19/h3-8H,1-2H3,(H,22,24)/b11-5+. The lowest BCUT2D eigenvalue weighted by atomic mass is 10.1. The molecule has 0 bridgehead atoms. The van der Waals surface area contributed by atoms with Crippen LogP contribution in [-0.4, -0.2) is 25.1 Å². The third-order valence-corrected chi connectivity index (χ3v) is 4.66. The van der Waals surface area contributed by atoms with E-state index < -0.39 is 10.8 Å². The number of amides is 1. The molecule has 2 rings (SSSR count). The predicted molar refractivity (Wildman–Crippen MR) is 113 cm³/mol. The minimum Gasteiger partial charge on any atom is -0.493 e. The Morgan fingerprint density at radius 3 is 2.57 bits per heavy atom. The summed E-state index contributed by atoms with van der Waals surface area (Å²) in [6.07, 6.45) is 1.39. The van der Waals surface area contributed by atoms with Gasteiger partial charge in [-0.25, -0.2) is 0 Å². The largest absolute Gasteiger partial charge is 0.493 e. The molecule has 0 saturated carbocycles. The van der Waals surface area contributed by atoms with Crippen molar-refractivity contribution in [1.82, 2.24) is 0 Å². The highest BCUT2D eigenvalue weighted by molar-refractivity contribution is 14.1. The number of hydrogen-bond donors (Lipinski definition) is 1. The van der Waals surface area contributed by atoms with E-state index in [2.05, 4.69) is 27.9 Å². The first-order valence-electron chi connectivity index (χ1n) is 7.59. The minimum atomic E-state index is -0.706. The van der Waals surface area contributed by atoms with E-state index in [0.717, 1.165) is 9.64 Å². The van der Waals surface area contributed by atoms with Crippen molar-refractivity contribution >= 4 is 57.5 Å². The van der Waals surface area contributed by atoms with E-state index >= 15 is 0 Å². The Morgan fingerprint density at radius 2 is 2.04 bits per heavy atom. The zero-order chi connectivity index (χ0) is 20.8. The lowest BCUT2D eigenvalue weighted by Crippen LogP contribution is -2.13. The molecule has 1 N–H and O–H groups in total. The number of benzene rings is 2. The molecule has 0 heterocycles. The van der Waals surface area contributed by atoms with Gasteiger partial charge in [-0.3, -0.25) is 14.9 Å². The molecule has 2 aromatic carbocycles. The van der Waals surface area contributed by atoms with Gasteiger partial charge in [-0.05, 0) is 52.4 Å². The third kappa shape index (κ3) is 4.90. The third-order valence-electron chi connectivity index (χ3n) is 3.54. The van der Waals surface area contributed by atoms with Gasteiger partial charge < -0.3 is 14.8 Å². The van der Waals surface area contributed by atoms with Crippen LogP contribution < -0.4 is 14.8 Å². The molecule has 0 fully saturated rings. The fourth-order valence-corrected chi connectivity index (χ4v) is 3.31. The Balaban J connectivity index is 2.33. The van der Waals surface area contributed by atoms with E-state index in [1.807, 2.05) is 6.07 Å². The number of rotatable bonds is 6. The molecule has 0 saturated heterocycles. The second-order valence-corrected chi connectivity index (χ2v) is 6.85. The van der Waals surface area contributed by atoms with Gasteiger partial charge in [-0.2, -0.15) is 5.26 Å². The van der Waals surface area contributed by atoms with Crippen molar-refractivity contribution in [2.24, 2.45) is 0 Å². The molecule has 144 valence electrons. The Labute approximate surface area is 179 Å². The van der Waals surface area contributed by atoms with Gasteiger partial charge >= 0.3 is 0 Å². The summed E-state index contributed by atoms with van der Waals surface area (Å²) in [4.78, 5) is 22.6. The molecule has 0 radical (unpaired) electrons. The molecule has 1 amide bonds. The second-order valence-electron chi connectivity index (χ2n) is 5.28. The molecule has 10 heteroatoms. The van der Waals surface area contributed by atoms with Gasteiger partial charge in [-0.15, -0.1) is 0 Å². The molecular formula is C18H13ClIN3O5. The number of nitriles is 1. The fourth-order valence-electron chi connectivity index (χ4n) is 2.25. The van der Waals surface area contributed by atoms with E-state index in [4.69, 9.17) is 21.1 Å². The number of hydrogen-bond acceptors (Lipinski definition) is 6. The lowest BCUT2D eigenvalue weighted by Gasteiger charge is -2.11. The summed E-state index contributed by atoms with van der Waals surface area (Å²) in [6, 6.07) is 8.80. The molecular weight excluding hydrogens is 501 g/mol. The number of nitro groups is 1. The first kappa shape index (κ1) is 21.5. The fraction of sp³-hybridized carbons (Fsp3) is 0.111. The zero-order valence-corrected chi connectivity index (χ0v) is 17.6. The number of nitro benzene ring substituents is 1. The van der Waals surface area contributed by atoms with Gasteiger partial charge in [0.2, 0.25) is 0 Å². The molecule has 0 aromatic heterocycles. The van der Waals surface area contributed by atoms with E-state index in [1.54, 1.807) is 12.1 Å². The van der Waals surface area contributed by atoms with Crippen LogP contribution in [0.25, 0.3) is 6.08 Å². The number of nitrogens with one attached hydrogen (secondary N) is 1. The maximum atomic E-state index is 12.4. The highest BCUT2D eigenvalue weighted by atomic mass is 127. The van der Waals surface area contributed by atoms with Gasteiger partial charge in [0.1, 0.15) is 11.6 Å². The smallest absolute Gasteiger partial charge is 0.271 e. The van der Waals surface area contributed by atoms with Crippen molar-refractivity contribution in [1.29, 1.82) is 5.26 Å². The Hall–Kier alpha value is -2.84. The highest BCUT2D eigenvalue weighted by Gasteiger charge is 2.16. The number of methoxy groups -OCH3 is 2. The normalized spacial score (nSPS) is 10.8. The van der Waals surface area contributed by atoms with Crippen LogP contribution in [0.2, 0.25) is 5.02 Å². The number of non-ortho nitro benzene ring substituents is 1. The van der Waals surface area contributed by atoms with E-state index in [0.29, 0.717) is 17.1 Å². The second kappa shape index (κ2) is 9.38. The zero-order valence-electron chi connectivity index (χ0n) is 14.7. The molecule has 8 nitrogen and oxygen atoms in total. The summed E-state index contributed by atoms with van der Waals surface area (Å²) in [6.45, 7) is 0. The van der Waals surface area contributed by atoms with E-state index in [-0.39, 0.29) is 22.0 Å². The van der Waals surface area contributed by atoms with Crippen LogP contribution >= 0.6 is 34.2 Å². The lowest BCUT2D eigenvalue weighted by molar-refractivity contribution is -0.384. The van der Waals surface area contributed by atoms with Crippen molar-refractivity contribution in [3.63, 3.8) is 0 Å². The van der Waals surface area contributed by atoms with Gasteiger partial charge in [-0.1, -0.05) is 11.6 Å². The van der Waals surface area contributed by atoms with Crippen molar-refractivity contribution < 1.29 is 19.2 Å². The summed E-state index contributed by atoms with van der Waals surface area (Å²) in [5.74, 6) is 0.292. The predicted octanol–water partition coefficient (Wildman–Crippen LogP) is 4.42. The molecule has 2 aromatic rings. The number of nitrogens with zero attached hydrogens (tertiary/aromatic N) is 2. The van der Waals surface area contributed by atoms with Gasteiger partial charge in [0.25, 0.3) is 11.6 Å². The number of halogens is 2. The van der Waals surface area contributed by atoms with Crippen molar-refractivity contribution in [3.05, 3.63) is 60.2 Å². The SMILES string of the molecule is COc1cc(/C=C(\C#N)C(=O)Nc2ccc([N+](=O)[O-])cc2Cl)cc(I)c1OC. The van der Waals surface area contributed by atoms with Gasteiger partial charge in [0, 0.05) is 12.1 Å². The maximum Gasteiger partial charge on any atom is 0.271 e. The quantitative estimate of drug-likeness (QED) is 0.201. The first-order valence-corrected chi connectivity index (χ1v) is 9.05. The van der Waals surface area contributed by atoms with Crippen molar-refractivity contribution in [3.8, 4) is 17.6 Å². The summed E-state index contributed by atoms with van der Waals surface area (Å²) >= 11 is 8.02. The van der Waals surface area contributed by atoms with E-state index in [1.165, 1.54) is 32.4 Å². The number of ether oxygens (including phenoxy) is 2. The maximum absolute atomic E-state index is 12.4. The topological polar surface area (TPSA) is 114 Å². The molecule has 0 aliphatic heterocycles. The number of carbonyl (C=O) groups excluding carboxylic acids is 1. The van der Waals surface area contributed by atoms with Crippen molar-refractivity contribution in [2.75, 3.05) is 19.5 Å². The van der Waals surface area contributed by atoms with Crippen LogP contribution in [0.4, 0.5) is 11.4 Å². The van der Waals surface area contributed by atoms with Crippen LogP contribution in [0.15, 0.2) is 35.9 Å². The van der Waals surface area contributed by atoms with Crippen molar-refractivity contribution in [2.45, 2.75) is 0 Å². The average molecular weight is 514 g/mol. The molecule has 0 spiro atoms. The van der Waals surface area contributed by atoms with Crippen LogP contribution in [0.3, 0.4) is 0 Å². The van der Waals surface area contributed by atoms with Crippen LogP contribution in [0.5, 0.6) is 11.5 Å². The monoisotopic (exact) mass is 513 g/mol. The summed E-state index contributed by atoms with van der Waals surface area (Å²) in [5, 5.41) is 22.6. The van der Waals surface area contributed by atoms with Crippen LogP contribution in [-0.2, 0) is 4.79 Å². The highest BCUT2D eigenvalue weighted by Crippen LogP contribution is 2.34. The molecule has 28 heavy (non-hydrogen) atoms. The van der Waals surface area contributed by atoms with Gasteiger partial charge in [0.05, 0.1) is 33.4 Å². The van der Waals surface area contributed by atoms with Crippen LogP contribution in [0.1, 0.15) is 5.56 Å². The summed E-state index contributed by atoms with van der Waals surface area (Å²) < 4.78 is 11.3. The minimum absolute atomic E-state index is 0.0134. The summed E-state index contributed by atoms with van der Waals surface area (Å²) in [7, 11) is 2.99. The van der Waals surface area contributed by atoms with Gasteiger partial charge in [0.15, 0.2) is 11.5 Å². The van der Waals surface area contributed by atoms with Crippen LogP contribution in [0, 0.1) is 25.0 Å². The molecule has 0 aliphatic carbocycles. The average Bonchev–Trinajstić information content (AvgIpc) is 2.66. The Bertz CT molecular complexity index is 1020. The Kier molecular flexibility index (Phi) is 7.19. The number of carbonyl (C=O) groups is 1. The number of anilines is 1. The summed E-state index contributed by atoms with van der Waals surface area (Å²) in [5.41, 5.74) is 0.320. The van der Waals surface area contributed by atoms with E-state index in [9.17, 15) is 20.2 Å². The Morgan fingerprint density at radius 1 is 1.32 bits per heavy atom. The first-order chi connectivity index (χ1) is 13.3.